The molecule has 0 saturated carbocycles. The van der Waals surface area contributed by atoms with E-state index in [2.05, 4.69) is 26.2 Å². The molecule has 6 heteroatoms. The fraction of sp³-hybridized carbons (Fsp3) is 0.0588. The molecule has 2 aromatic carbocycles. The van der Waals surface area contributed by atoms with Crippen LogP contribution in [0.4, 0.5) is 10.1 Å². The van der Waals surface area contributed by atoms with E-state index >= 15 is 0 Å². The van der Waals surface area contributed by atoms with E-state index in [9.17, 15) is 9.18 Å². The average Bonchev–Trinajstić information content (AvgIpc) is 2.92. The van der Waals surface area contributed by atoms with Crippen LogP contribution in [-0.2, 0) is 0 Å². The number of amides is 1. The van der Waals surface area contributed by atoms with E-state index < -0.39 is 0 Å². The van der Waals surface area contributed by atoms with Crippen molar-refractivity contribution in [3.63, 3.8) is 0 Å². The van der Waals surface area contributed by atoms with Gasteiger partial charge in [-0.2, -0.15) is 0 Å². The van der Waals surface area contributed by atoms with Crippen LogP contribution in [0.15, 0.2) is 53.0 Å². The van der Waals surface area contributed by atoms with Crippen molar-refractivity contribution in [3.8, 4) is 10.6 Å². The maximum absolute atomic E-state index is 13.0. The number of hydrogen-bond acceptors (Lipinski definition) is 3. The van der Waals surface area contributed by atoms with Gasteiger partial charge >= 0.3 is 0 Å². The number of nitrogens with one attached hydrogen (secondary N) is 1. The summed E-state index contributed by atoms with van der Waals surface area (Å²) in [4.78, 5) is 17.4. The van der Waals surface area contributed by atoms with E-state index in [1.807, 2.05) is 24.3 Å². The lowest BCUT2D eigenvalue weighted by Gasteiger charge is -2.05. The van der Waals surface area contributed by atoms with Crippen LogP contribution in [0.25, 0.3) is 10.6 Å². The minimum absolute atomic E-state index is 0.208. The minimum Gasteiger partial charge on any atom is -0.320 e. The van der Waals surface area contributed by atoms with E-state index in [1.54, 1.807) is 19.1 Å². The highest BCUT2D eigenvalue weighted by Gasteiger charge is 2.17. The molecule has 3 rings (SSSR count). The lowest BCUT2D eigenvalue weighted by atomic mass is 10.2. The van der Waals surface area contributed by atoms with Crippen molar-refractivity contribution in [3.05, 3.63) is 69.4 Å². The van der Waals surface area contributed by atoms with E-state index in [1.165, 1.54) is 23.5 Å². The maximum Gasteiger partial charge on any atom is 0.267 e. The zero-order valence-corrected chi connectivity index (χ0v) is 14.5. The van der Waals surface area contributed by atoms with Crippen LogP contribution in [0.2, 0.25) is 0 Å². The highest BCUT2D eigenvalue weighted by atomic mass is 79.9. The summed E-state index contributed by atoms with van der Waals surface area (Å²) in [6.45, 7) is 1.79. The number of aryl methyl sites for hydroxylation is 1. The molecule has 0 saturated heterocycles. The topological polar surface area (TPSA) is 42.0 Å². The molecule has 0 unspecified atom stereocenters. The van der Waals surface area contributed by atoms with Crippen molar-refractivity contribution in [2.75, 3.05) is 5.32 Å². The van der Waals surface area contributed by atoms with Gasteiger partial charge in [0.2, 0.25) is 0 Å². The van der Waals surface area contributed by atoms with Gasteiger partial charge in [0.05, 0.1) is 11.4 Å². The molecule has 116 valence electrons. The normalized spacial score (nSPS) is 10.6. The van der Waals surface area contributed by atoms with Crippen LogP contribution < -0.4 is 5.32 Å². The number of carbonyl (C=O) groups excluding carboxylic acids is 1. The number of nitrogens with zero attached hydrogens (tertiary/aromatic N) is 1. The van der Waals surface area contributed by atoms with Gasteiger partial charge in [-0.15, -0.1) is 11.3 Å². The number of thiazole rings is 1. The van der Waals surface area contributed by atoms with Crippen LogP contribution in [0.1, 0.15) is 15.4 Å². The highest BCUT2D eigenvalue weighted by Crippen LogP contribution is 2.29. The lowest BCUT2D eigenvalue weighted by Crippen LogP contribution is -2.11. The third-order valence-electron chi connectivity index (χ3n) is 3.22. The Bertz CT molecular complexity index is 861. The second-order valence-electron chi connectivity index (χ2n) is 4.87. The SMILES string of the molecule is Cc1nc(-c2ccc(F)cc2)sc1C(=O)Nc1ccccc1Br. The van der Waals surface area contributed by atoms with Gasteiger partial charge in [-0.1, -0.05) is 12.1 Å². The van der Waals surface area contributed by atoms with Gasteiger partial charge < -0.3 is 5.32 Å². The standard InChI is InChI=1S/C17H12BrFN2OS/c1-10-15(16(22)21-14-5-3-2-4-13(14)18)23-17(20-10)11-6-8-12(19)9-7-11/h2-9H,1H3,(H,21,22). The average molecular weight is 391 g/mol. The first-order valence-corrected chi connectivity index (χ1v) is 8.45. The van der Waals surface area contributed by atoms with Gasteiger partial charge in [-0.3, -0.25) is 4.79 Å². The first-order valence-electron chi connectivity index (χ1n) is 6.84. The van der Waals surface area contributed by atoms with Gasteiger partial charge in [-0.05, 0) is 59.3 Å². The van der Waals surface area contributed by atoms with Crippen molar-refractivity contribution < 1.29 is 9.18 Å². The number of benzene rings is 2. The van der Waals surface area contributed by atoms with Crippen molar-refractivity contribution in [2.45, 2.75) is 6.92 Å². The van der Waals surface area contributed by atoms with E-state index in [4.69, 9.17) is 0 Å². The molecule has 23 heavy (non-hydrogen) atoms. The molecule has 1 N–H and O–H groups in total. The summed E-state index contributed by atoms with van der Waals surface area (Å²) in [5.41, 5.74) is 2.15. The molecule has 1 amide bonds. The summed E-state index contributed by atoms with van der Waals surface area (Å²) in [7, 11) is 0. The monoisotopic (exact) mass is 390 g/mol. The molecule has 0 aliphatic carbocycles. The Morgan fingerprint density at radius 3 is 2.57 bits per heavy atom. The number of anilines is 1. The number of aromatic nitrogens is 1. The Morgan fingerprint density at radius 2 is 1.87 bits per heavy atom. The Hall–Kier alpha value is -2.05. The first kappa shape index (κ1) is 15.8. The fourth-order valence-corrected chi connectivity index (χ4v) is 3.42. The fourth-order valence-electron chi connectivity index (χ4n) is 2.06. The molecule has 3 aromatic rings. The Morgan fingerprint density at radius 1 is 1.17 bits per heavy atom. The van der Waals surface area contributed by atoms with E-state index in [0.717, 1.165) is 10.0 Å². The van der Waals surface area contributed by atoms with Crippen molar-refractivity contribution >= 4 is 38.9 Å². The summed E-state index contributed by atoms with van der Waals surface area (Å²) >= 11 is 4.69. The summed E-state index contributed by atoms with van der Waals surface area (Å²) in [5.74, 6) is -0.505. The summed E-state index contributed by atoms with van der Waals surface area (Å²) in [6, 6.07) is 13.5. The number of carbonyl (C=O) groups is 1. The Kier molecular flexibility index (Phi) is 4.54. The molecular formula is C17H12BrFN2OS. The predicted octanol–water partition coefficient (Wildman–Crippen LogP) is 5.27. The predicted molar refractivity (Wildman–Crippen MR) is 94.3 cm³/mol. The number of rotatable bonds is 3. The molecule has 0 bridgehead atoms. The second-order valence-corrected chi connectivity index (χ2v) is 6.73. The Labute approximate surface area is 145 Å². The van der Waals surface area contributed by atoms with Gasteiger partial charge in [0.25, 0.3) is 5.91 Å². The number of halogens is 2. The zero-order chi connectivity index (χ0) is 16.4. The summed E-state index contributed by atoms with van der Waals surface area (Å²) < 4.78 is 13.8. The molecule has 0 aliphatic rings. The second kappa shape index (κ2) is 6.60. The zero-order valence-electron chi connectivity index (χ0n) is 12.1. The molecule has 1 heterocycles. The quantitative estimate of drug-likeness (QED) is 0.661. The van der Waals surface area contributed by atoms with Crippen LogP contribution >= 0.6 is 27.3 Å². The van der Waals surface area contributed by atoms with E-state index in [-0.39, 0.29) is 11.7 Å². The van der Waals surface area contributed by atoms with Crippen molar-refractivity contribution in [1.29, 1.82) is 0 Å². The largest absolute Gasteiger partial charge is 0.320 e. The van der Waals surface area contributed by atoms with Gasteiger partial charge in [-0.25, -0.2) is 9.37 Å². The third kappa shape index (κ3) is 3.48. The van der Waals surface area contributed by atoms with Gasteiger partial charge in [0.15, 0.2) is 0 Å². The smallest absolute Gasteiger partial charge is 0.267 e. The van der Waals surface area contributed by atoms with Crippen LogP contribution in [0, 0.1) is 12.7 Å². The lowest BCUT2D eigenvalue weighted by molar-refractivity contribution is 0.102. The summed E-state index contributed by atoms with van der Waals surface area (Å²) in [6.07, 6.45) is 0. The molecule has 3 nitrogen and oxygen atoms in total. The molecule has 0 aliphatic heterocycles. The summed E-state index contributed by atoms with van der Waals surface area (Å²) in [5, 5.41) is 3.56. The third-order valence-corrected chi connectivity index (χ3v) is 5.11. The van der Waals surface area contributed by atoms with Crippen molar-refractivity contribution in [2.24, 2.45) is 0 Å². The van der Waals surface area contributed by atoms with E-state index in [0.29, 0.717) is 21.3 Å². The molecule has 1 aromatic heterocycles. The van der Waals surface area contributed by atoms with Crippen molar-refractivity contribution in [1.82, 2.24) is 4.98 Å². The van der Waals surface area contributed by atoms with Crippen LogP contribution in [-0.4, -0.2) is 10.9 Å². The first-order chi connectivity index (χ1) is 11.0. The number of para-hydroxylation sites is 1. The number of hydrogen-bond donors (Lipinski definition) is 1. The molecule has 0 spiro atoms. The molecular weight excluding hydrogens is 379 g/mol. The van der Waals surface area contributed by atoms with Crippen LogP contribution in [0.5, 0.6) is 0 Å². The maximum atomic E-state index is 13.0. The molecule has 0 fully saturated rings. The Balaban J connectivity index is 1.87. The van der Waals surface area contributed by atoms with Crippen LogP contribution in [0.3, 0.4) is 0 Å². The molecule has 0 atom stereocenters. The van der Waals surface area contributed by atoms with Gasteiger partial charge in [0.1, 0.15) is 15.7 Å². The highest BCUT2D eigenvalue weighted by molar-refractivity contribution is 9.10. The van der Waals surface area contributed by atoms with Gasteiger partial charge in [0, 0.05) is 10.0 Å². The molecule has 0 radical (unpaired) electrons. The minimum atomic E-state index is -0.297.